The van der Waals surface area contributed by atoms with Crippen LogP contribution >= 0.6 is 0 Å². The molecule has 3 aromatic rings. The normalized spacial score (nSPS) is 10.2. The van der Waals surface area contributed by atoms with Gasteiger partial charge in [0.05, 0.1) is 18.1 Å². The molecule has 9 nitrogen and oxygen atoms in total. The first-order valence-electron chi connectivity index (χ1n) is 7.25. The van der Waals surface area contributed by atoms with E-state index in [4.69, 9.17) is 4.52 Å². The van der Waals surface area contributed by atoms with Gasteiger partial charge in [0.25, 0.3) is 5.91 Å². The third-order valence-electron chi connectivity index (χ3n) is 2.98. The number of carbonyl (C=O) groups is 1. The Labute approximate surface area is 137 Å². The summed E-state index contributed by atoms with van der Waals surface area (Å²) in [6, 6.07) is 8.82. The first-order chi connectivity index (χ1) is 11.8. The second kappa shape index (κ2) is 7.68. The van der Waals surface area contributed by atoms with Crippen LogP contribution in [0.5, 0.6) is 0 Å². The molecule has 3 aromatic heterocycles. The van der Waals surface area contributed by atoms with Crippen LogP contribution in [0, 0.1) is 0 Å². The smallest absolute Gasteiger partial charge is 0.289 e. The van der Waals surface area contributed by atoms with Crippen LogP contribution in [0.1, 0.15) is 10.6 Å². The molecule has 0 aliphatic carbocycles. The molecule has 0 bridgehead atoms. The molecular weight excluding hydrogens is 310 g/mol. The van der Waals surface area contributed by atoms with Crippen molar-refractivity contribution in [1.29, 1.82) is 0 Å². The summed E-state index contributed by atoms with van der Waals surface area (Å²) in [7, 11) is 0. The zero-order valence-electron chi connectivity index (χ0n) is 12.6. The Morgan fingerprint density at radius 1 is 1.04 bits per heavy atom. The lowest BCUT2D eigenvalue weighted by Gasteiger charge is -2.07. The fraction of sp³-hybridized carbons (Fsp3) is 0.133. The van der Waals surface area contributed by atoms with Gasteiger partial charge in [-0.25, -0.2) is 0 Å². The summed E-state index contributed by atoms with van der Waals surface area (Å²) >= 11 is 0. The first kappa shape index (κ1) is 15.4. The maximum absolute atomic E-state index is 11.6. The van der Waals surface area contributed by atoms with Crippen LogP contribution in [-0.2, 0) is 0 Å². The minimum absolute atomic E-state index is 0.181. The Balaban J connectivity index is 1.42. The summed E-state index contributed by atoms with van der Waals surface area (Å²) in [4.78, 5) is 15.6. The van der Waals surface area contributed by atoms with E-state index in [2.05, 4.69) is 36.3 Å². The number of rotatable bonds is 7. The van der Waals surface area contributed by atoms with Gasteiger partial charge in [0.2, 0.25) is 5.76 Å². The second-order valence-corrected chi connectivity index (χ2v) is 4.73. The van der Waals surface area contributed by atoms with Crippen molar-refractivity contribution < 1.29 is 9.32 Å². The Morgan fingerprint density at radius 2 is 1.92 bits per heavy atom. The SMILES string of the molecule is O=C(NCCNc1ccc(Nc2cccnc2)nn1)c1ccno1. The molecule has 0 fully saturated rings. The molecule has 3 N–H and O–H groups in total. The van der Waals surface area contributed by atoms with E-state index < -0.39 is 0 Å². The fourth-order valence-corrected chi connectivity index (χ4v) is 1.86. The van der Waals surface area contributed by atoms with E-state index in [1.807, 2.05) is 12.1 Å². The zero-order valence-corrected chi connectivity index (χ0v) is 12.6. The molecule has 0 aliphatic heterocycles. The van der Waals surface area contributed by atoms with Crippen molar-refractivity contribution in [2.24, 2.45) is 0 Å². The van der Waals surface area contributed by atoms with Gasteiger partial charge in [-0.3, -0.25) is 9.78 Å². The van der Waals surface area contributed by atoms with Gasteiger partial charge in [-0.2, -0.15) is 0 Å². The van der Waals surface area contributed by atoms with Crippen LogP contribution in [-0.4, -0.2) is 39.3 Å². The molecule has 0 spiro atoms. The van der Waals surface area contributed by atoms with E-state index in [1.54, 1.807) is 24.5 Å². The van der Waals surface area contributed by atoms with Crippen LogP contribution in [0.3, 0.4) is 0 Å². The Morgan fingerprint density at radius 3 is 2.62 bits per heavy atom. The Kier molecular flexibility index (Phi) is 4.93. The summed E-state index contributed by atoms with van der Waals surface area (Å²) in [6.45, 7) is 0.917. The van der Waals surface area contributed by atoms with Gasteiger partial charge in [0, 0.05) is 25.4 Å². The van der Waals surface area contributed by atoms with Crippen molar-refractivity contribution in [3.63, 3.8) is 0 Å². The summed E-state index contributed by atoms with van der Waals surface area (Å²) < 4.78 is 4.76. The predicted molar refractivity (Wildman–Crippen MR) is 86.9 cm³/mol. The maximum Gasteiger partial charge on any atom is 0.289 e. The Bertz CT molecular complexity index is 760. The van der Waals surface area contributed by atoms with Crippen LogP contribution in [0.4, 0.5) is 17.3 Å². The fourth-order valence-electron chi connectivity index (χ4n) is 1.86. The largest absolute Gasteiger partial charge is 0.367 e. The van der Waals surface area contributed by atoms with Crippen molar-refractivity contribution in [2.75, 3.05) is 23.7 Å². The number of hydrogen-bond donors (Lipinski definition) is 3. The van der Waals surface area contributed by atoms with Gasteiger partial charge in [0.15, 0.2) is 5.82 Å². The standard InChI is InChI=1S/C15H15N7O2/c23-15(12-5-7-19-24-12)18-9-8-17-13-3-4-14(22-21-13)20-11-2-1-6-16-10-11/h1-7,10H,8-9H2,(H,17,21)(H,18,23)(H,20,22). The quantitative estimate of drug-likeness (QED) is 0.559. The molecule has 0 saturated heterocycles. The average molecular weight is 325 g/mol. The van der Waals surface area contributed by atoms with Crippen molar-refractivity contribution in [3.8, 4) is 0 Å². The summed E-state index contributed by atoms with van der Waals surface area (Å²) in [6.07, 6.45) is 4.82. The molecule has 3 rings (SSSR count). The summed E-state index contributed by atoms with van der Waals surface area (Å²) in [5.74, 6) is 1.10. The molecule has 24 heavy (non-hydrogen) atoms. The van der Waals surface area contributed by atoms with E-state index in [9.17, 15) is 4.79 Å². The molecule has 0 radical (unpaired) electrons. The van der Waals surface area contributed by atoms with Gasteiger partial charge in [-0.1, -0.05) is 5.16 Å². The van der Waals surface area contributed by atoms with E-state index in [1.165, 1.54) is 12.3 Å². The van der Waals surface area contributed by atoms with Crippen molar-refractivity contribution >= 4 is 23.2 Å². The Hall–Kier alpha value is -3.49. The van der Waals surface area contributed by atoms with E-state index >= 15 is 0 Å². The molecular formula is C15H15N7O2. The third kappa shape index (κ3) is 4.26. The lowest BCUT2D eigenvalue weighted by Crippen LogP contribution is -2.28. The van der Waals surface area contributed by atoms with Crippen molar-refractivity contribution in [2.45, 2.75) is 0 Å². The van der Waals surface area contributed by atoms with Gasteiger partial charge in [-0.05, 0) is 24.3 Å². The van der Waals surface area contributed by atoms with Crippen LogP contribution in [0.25, 0.3) is 0 Å². The average Bonchev–Trinajstić information content (AvgIpc) is 3.16. The predicted octanol–water partition coefficient (Wildman–Crippen LogP) is 1.45. The molecule has 0 unspecified atom stereocenters. The van der Waals surface area contributed by atoms with E-state index in [0.29, 0.717) is 24.7 Å². The van der Waals surface area contributed by atoms with E-state index in [0.717, 1.165) is 5.69 Å². The molecule has 1 amide bonds. The van der Waals surface area contributed by atoms with Crippen LogP contribution in [0.15, 0.2) is 53.4 Å². The maximum atomic E-state index is 11.6. The van der Waals surface area contributed by atoms with Crippen molar-refractivity contribution in [3.05, 3.63) is 54.7 Å². The van der Waals surface area contributed by atoms with Gasteiger partial charge < -0.3 is 20.5 Å². The molecule has 0 saturated carbocycles. The van der Waals surface area contributed by atoms with Crippen LogP contribution in [0.2, 0.25) is 0 Å². The molecule has 0 aromatic carbocycles. The molecule has 122 valence electrons. The highest BCUT2D eigenvalue weighted by atomic mass is 16.5. The first-order valence-corrected chi connectivity index (χ1v) is 7.25. The highest BCUT2D eigenvalue weighted by Gasteiger charge is 2.08. The lowest BCUT2D eigenvalue weighted by molar-refractivity contribution is 0.0918. The number of aromatic nitrogens is 4. The zero-order chi connectivity index (χ0) is 16.6. The van der Waals surface area contributed by atoms with Crippen molar-refractivity contribution in [1.82, 2.24) is 25.7 Å². The number of pyridine rings is 1. The molecule has 3 heterocycles. The van der Waals surface area contributed by atoms with Gasteiger partial charge in [-0.15, -0.1) is 10.2 Å². The second-order valence-electron chi connectivity index (χ2n) is 4.73. The van der Waals surface area contributed by atoms with E-state index in [-0.39, 0.29) is 11.7 Å². The van der Waals surface area contributed by atoms with Crippen LogP contribution < -0.4 is 16.0 Å². The molecule has 0 aliphatic rings. The topological polar surface area (TPSA) is 118 Å². The molecule has 9 heteroatoms. The number of hydrogen-bond acceptors (Lipinski definition) is 8. The summed E-state index contributed by atoms with van der Waals surface area (Å²) in [5.41, 5.74) is 0.836. The minimum atomic E-state index is -0.309. The monoisotopic (exact) mass is 325 g/mol. The third-order valence-corrected chi connectivity index (χ3v) is 2.98. The van der Waals surface area contributed by atoms with Gasteiger partial charge in [0.1, 0.15) is 5.82 Å². The number of amides is 1. The number of nitrogens with one attached hydrogen (secondary N) is 3. The lowest BCUT2D eigenvalue weighted by atomic mass is 10.4. The highest BCUT2D eigenvalue weighted by Crippen LogP contribution is 2.12. The minimum Gasteiger partial charge on any atom is -0.367 e. The molecule has 0 atom stereocenters. The number of carbonyl (C=O) groups excluding carboxylic acids is 1. The van der Waals surface area contributed by atoms with Gasteiger partial charge >= 0.3 is 0 Å². The number of anilines is 3. The highest BCUT2D eigenvalue weighted by molar-refractivity contribution is 5.91. The summed E-state index contributed by atoms with van der Waals surface area (Å²) in [5, 5.41) is 20.5. The number of nitrogens with zero attached hydrogens (tertiary/aromatic N) is 4.